The number of amides is 1. The molecule has 1 amide bonds. The van der Waals surface area contributed by atoms with Gasteiger partial charge in [0, 0.05) is 31.1 Å². The molecule has 17 heavy (non-hydrogen) atoms. The van der Waals surface area contributed by atoms with E-state index in [1.165, 1.54) is 12.1 Å². The highest BCUT2D eigenvalue weighted by Gasteiger charge is 2.06. The Hall–Kier alpha value is -1.95. The molecule has 0 bridgehead atoms. The van der Waals surface area contributed by atoms with Crippen molar-refractivity contribution in [2.45, 2.75) is 25.9 Å². The second-order valence-electron chi connectivity index (χ2n) is 3.88. The van der Waals surface area contributed by atoms with E-state index in [9.17, 15) is 14.9 Å². The molecule has 92 valence electrons. The summed E-state index contributed by atoms with van der Waals surface area (Å²) in [7, 11) is 0. The highest BCUT2D eigenvalue weighted by molar-refractivity contribution is 5.74. The summed E-state index contributed by atoms with van der Waals surface area (Å²) in [6.07, 6.45) is 0.271. The topological polar surface area (TPSA) is 98.3 Å². The molecule has 0 heterocycles. The lowest BCUT2D eigenvalue weighted by Gasteiger charge is -2.11. The van der Waals surface area contributed by atoms with E-state index in [4.69, 9.17) is 5.73 Å². The lowest BCUT2D eigenvalue weighted by Crippen LogP contribution is -2.30. The average Bonchev–Trinajstić information content (AvgIpc) is 2.26. The van der Waals surface area contributed by atoms with Gasteiger partial charge >= 0.3 is 0 Å². The van der Waals surface area contributed by atoms with Crippen LogP contribution in [0.2, 0.25) is 0 Å². The van der Waals surface area contributed by atoms with Gasteiger partial charge in [0.1, 0.15) is 0 Å². The van der Waals surface area contributed by atoms with Crippen molar-refractivity contribution in [3.63, 3.8) is 0 Å². The molecule has 0 aliphatic carbocycles. The molecule has 0 saturated carbocycles. The van der Waals surface area contributed by atoms with E-state index in [1.54, 1.807) is 12.1 Å². The van der Waals surface area contributed by atoms with Gasteiger partial charge in [-0.3, -0.25) is 14.9 Å². The predicted octanol–water partition coefficient (Wildman–Crippen LogP) is 0.948. The number of nitrogens with two attached hydrogens (primary N) is 1. The van der Waals surface area contributed by atoms with Gasteiger partial charge in [-0.15, -0.1) is 0 Å². The van der Waals surface area contributed by atoms with Crippen molar-refractivity contribution in [1.82, 2.24) is 5.32 Å². The van der Waals surface area contributed by atoms with Crippen LogP contribution in [0.5, 0.6) is 0 Å². The van der Waals surface area contributed by atoms with E-state index < -0.39 is 4.92 Å². The molecule has 1 atom stereocenters. The van der Waals surface area contributed by atoms with E-state index in [2.05, 4.69) is 5.32 Å². The van der Waals surface area contributed by atoms with Gasteiger partial charge in [-0.05, 0) is 12.5 Å². The summed E-state index contributed by atoms with van der Waals surface area (Å²) in [5, 5.41) is 13.5. The Labute approximate surface area is 99.0 Å². The molecule has 0 aliphatic rings. The van der Waals surface area contributed by atoms with E-state index in [1.807, 2.05) is 6.92 Å². The van der Waals surface area contributed by atoms with E-state index in [0.29, 0.717) is 6.54 Å². The highest BCUT2D eigenvalue weighted by atomic mass is 16.6. The fraction of sp³-hybridized carbons (Fsp3) is 0.364. The van der Waals surface area contributed by atoms with E-state index in [0.717, 1.165) is 5.56 Å². The number of primary amides is 1. The van der Waals surface area contributed by atoms with Crippen molar-refractivity contribution in [2.24, 2.45) is 5.73 Å². The number of carbonyl (C=O) groups is 1. The molecule has 0 aromatic heterocycles. The summed E-state index contributed by atoms with van der Waals surface area (Å²) < 4.78 is 0. The number of benzene rings is 1. The molecule has 1 unspecified atom stereocenters. The number of nitro groups is 1. The van der Waals surface area contributed by atoms with Gasteiger partial charge in [0.25, 0.3) is 5.69 Å². The normalized spacial score (nSPS) is 12.1. The van der Waals surface area contributed by atoms with Crippen LogP contribution in [0.3, 0.4) is 0 Å². The summed E-state index contributed by atoms with van der Waals surface area (Å²) in [5.41, 5.74) is 6.05. The first-order valence-electron chi connectivity index (χ1n) is 5.24. The summed E-state index contributed by atoms with van der Waals surface area (Å²) in [5.74, 6) is -0.353. The molecule has 6 heteroatoms. The second-order valence-corrected chi connectivity index (χ2v) is 3.88. The van der Waals surface area contributed by atoms with Crippen molar-refractivity contribution in [3.05, 3.63) is 39.9 Å². The standard InChI is InChI=1S/C11H15N3O3/c1-8(6-11(12)15)13-7-9-2-4-10(5-3-9)14(16)17/h2-5,8,13H,6-7H2,1H3,(H2,12,15). The monoisotopic (exact) mass is 237 g/mol. The molecular weight excluding hydrogens is 222 g/mol. The minimum absolute atomic E-state index is 0.0114. The van der Waals surface area contributed by atoms with E-state index >= 15 is 0 Å². The van der Waals surface area contributed by atoms with Crippen LogP contribution < -0.4 is 11.1 Å². The SMILES string of the molecule is CC(CC(N)=O)NCc1ccc([N+](=O)[O-])cc1. The number of nitrogens with one attached hydrogen (secondary N) is 1. The van der Waals surface area contributed by atoms with Crippen LogP contribution in [0.1, 0.15) is 18.9 Å². The number of nitrogens with zero attached hydrogens (tertiary/aromatic N) is 1. The Morgan fingerprint density at radius 2 is 2.06 bits per heavy atom. The average molecular weight is 237 g/mol. The zero-order valence-electron chi connectivity index (χ0n) is 9.55. The number of hydrogen-bond donors (Lipinski definition) is 2. The number of rotatable bonds is 6. The fourth-order valence-electron chi connectivity index (χ4n) is 1.40. The van der Waals surface area contributed by atoms with Crippen LogP contribution in [-0.2, 0) is 11.3 Å². The van der Waals surface area contributed by atoms with Gasteiger partial charge < -0.3 is 11.1 Å². The lowest BCUT2D eigenvalue weighted by molar-refractivity contribution is -0.384. The first-order chi connectivity index (χ1) is 7.99. The Bertz CT molecular complexity index is 403. The van der Waals surface area contributed by atoms with Gasteiger partial charge in [-0.25, -0.2) is 0 Å². The van der Waals surface area contributed by atoms with Crippen LogP contribution in [-0.4, -0.2) is 16.9 Å². The zero-order valence-corrected chi connectivity index (χ0v) is 9.55. The van der Waals surface area contributed by atoms with Crippen molar-refractivity contribution in [3.8, 4) is 0 Å². The summed E-state index contributed by atoms with van der Waals surface area (Å²) >= 11 is 0. The lowest BCUT2D eigenvalue weighted by atomic mass is 10.1. The Kier molecular flexibility index (Phi) is 4.59. The third kappa shape index (κ3) is 4.60. The number of non-ortho nitro benzene ring substituents is 1. The third-order valence-corrected chi connectivity index (χ3v) is 2.31. The molecule has 0 radical (unpaired) electrons. The molecule has 1 rings (SSSR count). The van der Waals surface area contributed by atoms with Crippen LogP contribution >= 0.6 is 0 Å². The van der Waals surface area contributed by atoms with Crippen molar-refractivity contribution >= 4 is 11.6 Å². The summed E-state index contributed by atoms with van der Waals surface area (Å²) in [6.45, 7) is 2.41. The molecule has 0 saturated heterocycles. The van der Waals surface area contributed by atoms with Crippen LogP contribution in [0, 0.1) is 10.1 Å². The molecule has 1 aromatic rings. The second kappa shape index (κ2) is 5.95. The Morgan fingerprint density at radius 1 is 1.47 bits per heavy atom. The largest absolute Gasteiger partial charge is 0.370 e. The summed E-state index contributed by atoms with van der Waals surface area (Å²) in [4.78, 5) is 20.6. The Morgan fingerprint density at radius 3 is 2.53 bits per heavy atom. The quantitative estimate of drug-likeness (QED) is 0.568. The van der Waals surface area contributed by atoms with Crippen molar-refractivity contribution in [1.29, 1.82) is 0 Å². The molecule has 0 aliphatic heterocycles. The minimum atomic E-state index is -0.438. The highest BCUT2D eigenvalue weighted by Crippen LogP contribution is 2.11. The van der Waals surface area contributed by atoms with Crippen LogP contribution in [0.15, 0.2) is 24.3 Å². The molecule has 6 nitrogen and oxygen atoms in total. The van der Waals surface area contributed by atoms with Gasteiger partial charge in [0.2, 0.25) is 5.91 Å². The maximum absolute atomic E-state index is 10.6. The minimum Gasteiger partial charge on any atom is -0.370 e. The van der Waals surface area contributed by atoms with Gasteiger partial charge in [-0.1, -0.05) is 12.1 Å². The molecular formula is C11H15N3O3. The molecule has 0 spiro atoms. The third-order valence-electron chi connectivity index (χ3n) is 2.31. The summed E-state index contributed by atoms with van der Waals surface area (Å²) in [6, 6.07) is 6.26. The van der Waals surface area contributed by atoms with Crippen molar-refractivity contribution < 1.29 is 9.72 Å². The smallest absolute Gasteiger partial charge is 0.269 e. The van der Waals surface area contributed by atoms with Gasteiger partial charge in [0.05, 0.1) is 4.92 Å². The first kappa shape index (κ1) is 13.1. The van der Waals surface area contributed by atoms with Gasteiger partial charge in [-0.2, -0.15) is 0 Å². The molecule has 1 aromatic carbocycles. The fourth-order valence-corrected chi connectivity index (χ4v) is 1.40. The Balaban J connectivity index is 2.47. The predicted molar refractivity (Wildman–Crippen MR) is 63.2 cm³/mol. The van der Waals surface area contributed by atoms with E-state index in [-0.39, 0.29) is 24.1 Å². The molecule has 0 fully saturated rings. The van der Waals surface area contributed by atoms with Gasteiger partial charge in [0.15, 0.2) is 0 Å². The van der Waals surface area contributed by atoms with Crippen LogP contribution in [0.4, 0.5) is 5.69 Å². The maximum atomic E-state index is 10.6. The van der Waals surface area contributed by atoms with Crippen molar-refractivity contribution in [2.75, 3.05) is 0 Å². The number of carbonyl (C=O) groups excluding carboxylic acids is 1. The zero-order chi connectivity index (χ0) is 12.8. The van der Waals surface area contributed by atoms with Crippen LogP contribution in [0.25, 0.3) is 0 Å². The molecule has 3 N–H and O–H groups in total. The number of hydrogen-bond acceptors (Lipinski definition) is 4. The maximum Gasteiger partial charge on any atom is 0.269 e. The number of nitro benzene ring substituents is 1. The first-order valence-corrected chi connectivity index (χ1v) is 5.24.